The van der Waals surface area contributed by atoms with Crippen molar-refractivity contribution in [3.8, 4) is 12.3 Å². The van der Waals surface area contributed by atoms with Crippen LogP contribution in [0, 0.1) is 12.3 Å². The van der Waals surface area contributed by atoms with E-state index in [0.29, 0.717) is 0 Å². The van der Waals surface area contributed by atoms with E-state index in [-0.39, 0.29) is 16.7 Å². The van der Waals surface area contributed by atoms with Crippen molar-refractivity contribution in [3.05, 3.63) is 34.9 Å². The minimum atomic E-state index is -1.24. The molecular formula is C10H6O4. The number of benzene rings is 1. The third-order valence-corrected chi connectivity index (χ3v) is 1.65. The number of hydrogen-bond acceptors (Lipinski definition) is 2. The van der Waals surface area contributed by atoms with E-state index in [1.165, 1.54) is 12.1 Å². The summed E-state index contributed by atoms with van der Waals surface area (Å²) in [5, 5.41) is 17.3. The molecule has 0 aliphatic rings. The van der Waals surface area contributed by atoms with Crippen LogP contribution in [-0.4, -0.2) is 22.2 Å². The summed E-state index contributed by atoms with van der Waals surface area (Å²) in [7, 11) is 0. The van der Waals surface area contributed by atoms with Crippen LogP contribution in [0.2, 0.25) is 0 Å². The van der Waals surface area contributed by atoms with Gasteiger partial charge < -0.3 is 10.2 Å². The molecule has 0 heterocycles. The average Bonchev–Trinajstić information content (AvgIpc) is 2.16. The maximum absolute atomic E-state index is 10.7. The molecule has 4 heteroatoms. The number of rotatable bonds is 2. The highest BCUT2D eigenvalue weighted by Gasteiger charge is 2.12. The Morgan fingerprint density at radius 3 is 2.29 bits per heavy atom. The van der Waals surface area contributed by atoms with Crippen molar-refractivity contribution < 1.29 is 19.8 Å². The van der Waals surface area contributed by atoms with Gasteiger partial charge in [0.15, 0.2) is 0 Å². The van der Waals surface area contributed by atoms with E-state index in [1.807, 2.05) is 0 Å². The Morgan fingerprint density at radius 1 is 1.21 bits per heavy atom. The Hall–Kier alpha value is -2.28. The van der Waals surface area contributed by atoms with Crippen LogP contribution in [0.15, 0.2) is 18.2 Å². The largest absolute Gasteiger partial charge is 0.478 e. The highest BCUT2D eigenvalue weighted by molar-refractivity contribution is 5.95. The molecule has 0 aromatic heterocycles. The van der Waals surface area contributed by atoms with Crippen LogP contribution in [0.3, 0.4) is 0 Å². The Labute approximate surface area is 79.8 Å². The smallest absolute Gasteiger partial charge is 0.336 e. The average molecular weight is 190 g/mol. The van der Waals surface area contributed by atoms with Gasteiger partial charge in [0.05, 0.1) is 11.1 Å². The summed E-state index contributed by atoms with van der Waals surface area (Å²) in [4.78, 5) is 21.2. The first kappa shape index (κ1) is 9.81. The van der Waals surface area contributed by atoms with Gasteiger partial charge in [0.2, 0.25) is 0 Å². The first-order chi connectivity index (χ1) is 6.56. The SMILES string of the molecule is C#Cc1ccc(C(=O)O)cc1C(=O)O. The second kappa shape index (κ2) is 3.62. The summed E-state index contributed by atoms with van der Waals surface area (Å²) in [6.45, 7) is 0. The second-order valence-electron chi connectivity index (χ2n) is 2.52. The van der Waals surface area contributed by atoms with Gasteiger partial charge in [-0.15, -0.1) is 6.42 Å². The Bertz CT molecular complexity index is 440. The van der Waals surface area contributed by atoms with Gasteiger partial charge in [0.1, 0.15) is 0 Å². The van der Waals surface area contributed by atoms with Crippen molar-refractivity contribution >= 4 is 11.9 Å². The molecule has 0 atom stereocenters. The van der Waals surface area contributed by atoms with Gasteiger partial charge in [-0.3, -0.25) is 0 Å². The van der Waals surface area contributed by atoms with Gasteiger partial charge in [0, 0.05) is 5.56 Å². The van der Waals surface area contributed by atoms with Crippen molar-refractivity contribution in [2.24, 2.45) is 0 Å². The summed E-state index contributed by atoms with van der Waals surface area (Å²) in [5.41, 5.74) is -0.101. The maximum atomic E-state index is 10.7. The number of carboxylic acids is 2. The molecule has 0 spiro atoms. The lowest BCUT2D eigenvalue weighted by Crippen LogP contribution is -2.04. The number of terminal acetylenes is 1. The fraction of sp³-hybridized carbons (Fsp3) is 0. The summed E-state index contributed by atoms with van der Waals surface area (Å²) < 4.78 is 0. The highest BCUT2D eigenvalue weighted by atomic mass is 16.4. The number of aromatic carboxylic acids is 2. The molecule has 0 fully saturated rings. The first-order valence-electron chi connectivity index (χ1n) is 3.63. The molecule has 4 nitrogen and oxygen atoms in total. The van der Waals surface area contributed by atoms with Crippen LogP contribution in [0.1, 0.15) is 26.3 Å². The van der Waals surface area contributed by atoms with Crippen LogP contribution in [0.4, 0.5) is 0 Å². The standard InChI is InChI=1S/C10H6O4/c1-2-6-3-4-7(9(11)12)5-8(6)10(13)14/h1,3-5H,(H,11,12)(H,13,14). The maximum Gasteiger partial charge on any atom is 0.336 e. The summed E-state index contributed by atoms with van der Waals surface area (Å²) in [6, 6.07) is 3.61. The van der Waals surface area contributed by atoms with E-state index in [4.69, 9.17) is 16.6 Å². The van der Waals surface area contributed by atoms with Crippen LogP contribution >= 0.6 is 0 Å². The zero-order chi connectivity index (χ0) is 10.7. The Balaban J connectivity index is 3.37. The predicted molar refractivity (Wildman–Crippen MR) is 48.3 cm³/mol. The van der Waals surface area contributed by atoms with E-state index >= 15 is 0 Å². The molecule has 14 heavy (non-hydrogen) atoms. The quantitative estimate of drug-likeness (QED) is 0.684. The van der Waals surface area contributed by atoms with E-state index in [0.717, 1.165) is 6.07 Å². The third-order valence-electron chi connectivity index (χ3n) is 1.65. The van der Waals surface area contributed by atoms with Crippen LogP contribution < -0.4 is 0 Å². The van der Waals surface area contributed by atoms with Crippen molar-refractivity contribution in [1.29, 1.82) is 0 Å². The summed E-state index contributed by atoms with van der Waals surface area (Å²) in [5.74, 6) is -0.250. The molecule has 0 bridgehead atoms. The number of carboxylic acid groups (broad SMARTS) is 2. The number of hydrogen-bond donors (Lipinski definition) is 2. The molecule has 2 N–H and O–H groups in total. The Kier molecular flexibility index (Phi) is 2.54. The fourth-order valence-corrected chi connectivity index (χ4v) is 0.980. The molecule has 0 aliphatic heterocycles. The molecule has 0 unspecified atom stereocenters. The molecule has 1 aromatic carbocycles. The minimum absolute atomic E-state index is 0.0959. The second-order valence-corrected chi connectivity index (χ2v) is 2.52. The molecule has 1 aromatic rings. The molecule has 1 rings (SSSR count). The van der Waals surface area contributed by atoms with Gasteiger partial charge in [-0.05, 0) is 18.2 Å². The predicted octanol–water partition coefficient (Wildman–Crippen LogP) is 1.06. The third kappa shape index (κ3) is 1.72. The monoisotopic (exact) mass is 190 g/mol. The van der Waals surface area contributed by atoms with Crippen molar-refractivity contribution in [3.63, 3.8) is 0 Å². The summed E-state index contributed by atoms with van der Waals surface area (Å²) >= 11 is 0. The molecule has 70 valence electrons. The minimum Gasteiger partial charge on any atom is -0.478 e. The molecule has 0 saturated heterocycles. The zero-order valence-corrected chi connectivity index (χ0v) is 7.02. The van der Waals surface area contributed by atoms with Gasteiger partial charge in [0.25, 0.3) is 0 Å². The van der Waals surface area contributed by atoms with E-state index < -0.39 is 11.9 Å². The molecular weight excluding hydrogens is 184 g/mol. The van der Waals surface area contributed by atoms with Gasteiger partial charge >= 0.3 is 11.9 Å². The van der Waals surface area contributed by atoms with Crippen LogP contribution in [0.5, 0.6) is 0 Å². The normalized spacial score (nSPS) is 9.07. The van der Waals surface area contributed by atoms with Crippen LogP contribution in [-0.2, 0) is 0 Å². The van der Waals surface area contributed by atoms with Gasteiger partial charge in [-0.1, -0.05) is 5.92 Å². The van der Waals surface area contributed by atoms with Crippen molar-refractivity contribution in [2.45, 2.75) is 0 Å². The lowest BCUT2D eigenvalue weighted by atomic mass is 10.0. The molecule has 0 radical (unpaired) electrons. The topological polar surface area (TPSA) is 74.6 Å². The lowest BCUT2D eigenvalue weighted by molar-refractivity contribution is 0.0695. The molecule has 0 amide bonds. The fourth-order valence-electron chi connectivity index (χ4n) is 0.980. The van der Waals surface area contributed by atoms with Crippen LogP contribution in [0.25, 0.3) is 0 Å². The lowest BCUT2D eigenvalue weighted by Gasteiger charge is -2.00. The zero-order valence-electron chi connectivity index (χ0n) is 7.02. The van der Waals surface area contributed by atoms with E-state index in [2.05, 4.69) is 5.92 Å². The summed E-state index contributed by atoms with van der Waals surface area (Å²) in [6.07, 6.45) is 5.05. The highest BCUT2D eigenvalue weighted by Crippen LogP contribution is 2.11. The van der Waals surface area contributed by atoms with Crippen molar-refractivity contribution in [1.82, 2.24) is 0 Å². The first-order valence-corrected chi connectivity index (χ1v) is 3.63. The number of carbonyl (C=O) groups is 2. The van der Waals surface area contributed by atoms with E-state index in [9.17, 15) is 9.59 Å². The molecule has 0 aliphatic carbocycles. The van der Waals surface area contributed by atoms with Gasteiger partial charge in [-0.2, -0.15) is 0 Å². The van der Waals surface area contributed by atoms with Crippen molar-refractivity contribution in [2.75, 3.05) is 0 Å². The van der Waals surface area contributed by atoms with E-state index in [1.54, 1.807) is 0 Å². The van der Waals surface area contributed by atoms with Gasteiger partial charge in [-0.25, -0.2) is 9.59 Å². The Morgan fingerprint density at radius 2 is 1.86 bits per heavy atom. The molecule has 0 saturated carbocycles.